The Morgan fingerprint density at radius 3 is 2.53 bits per heavy atom. The Morgan fingerprint density at radius 1 is 1.32 bits per heavy atom. The van der Waals surface area contributed by atoms with E-state index in [2.05, 4.69) is 14.9 Å². The summed E-state index contributed by atoms with van der Waals surface area (Å²) in [4.78, 5) is 12.3. The first-order valence-electron chi connectivity index (χ1n) is 5.91. The fourth-order valence-electron chi connectivity index (χ4n) is 1.93. The van der Waals surface area contributed by atoms with Gasteiger partial charge in [-0.25, -0.2) is 0 Å². The van der Waals surface area contributed by atoms with Crippen LogP contribution in [-0.2, 0) is 4.79 Å². The van der Waals surface area contributed by atoms with Crippen molar-refractivity contribution < 1.29 is 4.79 Å². The van der Waals surface area contributed by atoms with Crippen LogP contribution in [0.4, 0.5) is 5.00 Å². The molecule has 1 N–H and O–H groups in total. The van der Waals surface area contributed by atoms with E-state index < -0.39 is 0 Å². The summed E-state index contributed by atoms with van der Waals surface area (Å²) in [5.74, 6) is -0.0928. The maximum absolute atomic E-state index is 12.3. The molecule has 1 atom stereocenters. The van der Waals surface area contributed by atoms with E-state index in [1.807, 2.05) is 26.0 Å². The Morgan fingerprint density at radius 2 is 2.00 bits per heavy atom. The third kappa shape index (κ3) is 3.52. The molecule has 0 aliphatic rings. The van der Waals surface area contributed by atoms with Crippen molar-refractivity contribution in [2.24, 2.45) is 5.92 Å². The fourth-order valence-corrected chi connectivity index (χ4v) is 2.48. The zero-order chi connectivity index (χ0) is 13.8. The number of carbonyl (C=O) groups is 1. The van der Waals surface area contributed by atoms with Crippen LogP contribution in [-0.4, -0.2) is 15.5 Å². The van der Waals surface area contributed by atoms with Gasteiger partial charge in [0.25, 0.3) is 0 Å². The average molecular weight is 296 g/mol. The van der Waals surface area contributed by atoms with E-state index in [1.54, 1.807) is 18.3 Å². The molecule has 100 valence electrons. The molecule has 1 aromatic heterocycles. The molecule has 6 heteroatoms. The largest absolute Gasteiger partial charge is 0.315 e. The van der Waals surface area contributed by atoms with E-state index in [0.717, 1.165) is 17.1 Å². The number of nitrogens with zero attached hydrogens (tertiary/aromatic N) is 2. The number of aromatic nitrogens is 2. The number of rotatable bonds is 4. The highest BCUT2D eigenvalue weighted by Crippen LogP contribution is 2.27. The van der Waals surface area contributed by atoms with E-state index in [9.17, 15) is 4.79 Å². The van der Waals surface area contributed by atoms with Crippen molar-refractivity contribution in [2.45, 2.75) is 19.8 Å². The molecule has 0 bridgehead atoms. The van der Waals surface area contributed by atoms with Crippen molar-refractivity contribution in [3.63, 3.8) is 0 Å². The van der Waals surface area contributed by atoms with Crippen molar-refractivity contribution >= 4 is 34.0 Å². The molecular weight excluding hydrogens is 282 g/mol. The Balaban J connectivity index is 2.20. The predicted octanol–water partition coefficient (Wildman–Crippen LogP) is 3.57. The van der Waals surface area contributed by atoms with Crippen molar-refractivity contribution in [1.82, 2.24) is 9.59 Å². The first kappa shape index (κ1) is 14.0. The first-order valence-corrected chi connectivity index (χ1v) is 7.06. The molecule has 0 fully saturated rings. The smallest absolute Gasteiger partial charge is 0.232 e. The number of amides is 1. The summed E-state index contributed by atoms with van der Waals surface area (Å²) in [6.45, 7) is 4.04. The van der Waals surface area contributed by atoms with Crippen LogP contribution in [0.25, 0.3) is 0 Å². The summed E-state index contributed by atoms with van der Waals surface area (Å²) in [5.41, 5.74) is 0.953. The van der Waals surface area contributed by atoms with E-state index in [-0.39, 0.29) is 17.7 Å². The topological polar surface area (TPSA) is 54.9 Å². The van der Waals surface area contributed by atoms with Crippen molar-refractivity contribution in [3.05, 3.63) is 41.0 Å². The maximum Gasteiger partial charge on any atom is 0.232 e. The molecule has 0 spiro atoms. The van der Waals surface area contributed by atoms with Crippen LogP contribution in [0, 0.1) is 5.92 Å². The summed E-state index contributed by atoms with van der Waals surface area (Å²) >= 11 is 7.04. The number of carbonyl (C=O) groups excluding carboxylic acids is 1. The number of hydrogen-bond acceptors (Lipinski definition) is 4. The molecule has 0 aliphatic carbocycles. The van der Waals surface area contributed by atoms with Crippen LogP contribution in [0.1, 0.15) is 25.3 Å². The van der Waals surface area contributed by atoms with Crippen molar-refractivity contribution in [3.8, 4) is 0 Å². The molecule has 4 nitrogen and oxygen atoms in total. The summed E-state index contributed by atoms with van der Waals surface area (Å²) in [7, 11) is 0. The maximum atomic E-state index is 12.3. The van der Waals surface area contributed by atoms with Crippen LogP contribution in [0.15, 0.2) is 30.5 Å². The monoisotopic (exact) mass is 295 g/mol. The van der Waals surface area contributed by atoms with Gasteiger partial charge in [-0.15, -0.1) is 5.10 Å². The van der Waals surface area contributed by atoms with Gasteiger partial charge in [0.1, 0.15) is 5.00 Å². The third-order valence-corrected chi connectivity index (χ3v) is 3.62. The Hall–Kier alpha value is -1.46. The Kier molecular flexibility index (Phi) is 4.50. The summed E-state index contributed by atoms with van der Waals surface area (Å²) in [5, 5.41) is 7.86. The minimum absolute atomic E-state index is 0.0524. The van der Waals surface area contributed by atoms with Gasteiger partial charge >= 0.3 is 0 Å². The van der Waals surface area contributed by atoms with Gasteiger partial charge in [-0.2, -0.15) is 0 Å². The lowest BCUT2D eigenvalue weighted by Gasteiger charge is -2.20. The molecule has 1 amide bonds. The van der Waals surface area contributed by atoms with Crippen LogP contribution in [0.3, 0.4) is 0 Å². The lowest BCUT2D eigenvalue weighted by atomic mass is 9.88. The molecule has 2 rings (SSSR count). The number of anilines is 1. The number of nitrogens with one attached hydrogen (secondary N) is 1. The molecule has 0 unspecified atom stereocenters. The highest BCUT2D eigenvalue weighted by atomic mass is 35.5. The molecule has 0 aliphatic heterocycles. The van der Waals surface area contributed by atoms with Gasteiger partial charge in [0.05, 0.1) is 12.1 Å². The molecule has 1 heterocycles. The zero-order valence-corrected chi connectivity index (χ0v) is 12.2. The summed E-state index contributed by atoms with van der Waals surface area (Å²) in [6.07, 6.45) is 1.54. The number of hydrogen-bond donors (Lipinski definition) is 1. The number of halogens is 1. The first-order chi connectivity index (χ1) is 9.08. The summed E-state index contributed by atoms with van der Waals surface area (Å²) in [6, 6.07) is 7.37. The molecule has 1 aromatic carbocycles. The second-order valence-electron chi connectivity index (χ2n) is 4.54. The zero-order valence-electron chi connectivity index (χ0n) is 10.6. The van der Waals surface area contributed by atoms with E-state index in [0.29, 0.717) is 10.0 Å². The predicted molar refractivity (Wildman–Crippen MR) is 77.6 cm³/mol. The molecule has 2 aromatic rings. The van der Waals surface area contributed by atoms with Gasteiger partial charge in [-0.1, -0.05) is 42.1 Å². The SMILES string of the molecule is CC(C)[C@H](C(=O)Nc1cnns1)c1ccc(Cl)cc1. The molecular formula is C13H14ClN3OS. The molecule has 0 radical (unpaired) electrons. The second-order valence-corrected chi connectivity index (χ2v) is 5.77. The van der Waals surface area contributed by atoms with Crippen molar-refractivity contribution in [2.75, 3.05) is 5.32 Å². The average Bonchev–Trinajstić information content (AvgIpc) is 2.84. The standard InChI is InChI=1S/C13H14ClN3OS/c1-8(2)12(9-3-5-10(14)6-4-9)13(18)16-11-7-15-17-19-11/h3-8,12H,1-2H3,(H,16,18)/t12-/m0/s1. The van der Waals surface area contributed by atoms with Crippen LogP contribution in [0.2, 0.25) is 5.02 Å². The van der Waals surface area contributed by atoms with E-state index in [4.69, 9.17) is 11.6 Å². The lowest BCUT2D eigenvalue weighted by molar-refractivity contribution is -0.118. The minimum Gasteiger partial charge on any atom is -0.315 e. The van der Waals surface area contributed by atoms with Gasteiger partial charge in [0, 0.05) is 16.6 Å². The fraction of sp³-hybridized carbons (Fsp3) is 0.308. The second kappa shape index (κ2) is 6.12. The van der Waals surface area contributed by atoms with Crippen LogP contribution in [0.5, 0.6) is 0 Å². The minimum atomic E-state index is -0.223. The van der Waals surface area contributed by atoms with Gasteiger partial charge in [0.2, 0.25) is 5.91 Å². The van der Waals surface area contributed by atoms with E-state index in [1.165, 1.54) is 0 Å². The molecule has 0 saturated heterocycles. The number of benzene rings is 1. The lowest BCUT2D eigenvalue weighted by Crippen LogP contribution is -2.24. The quantitative estimate of drug-likeness (QED) is 0.938. The highest BCUT2D eigenvalue weighted by molar-refractivity contribution is 7.10. The highest BCUT2D eigenvalue weighted by Gasteiger charge is 2.24. The normalized spacial score (nSPS) is 12.4. The van der Waals surface area contributed by atoms with E-state index >= 15 is 0 Å². The molecule has 0 saturated carbocycles. The van der Waals surface area contributed by atoms with Gasteiger partial charge in [-0.05, 0) is 23.6 Å². The van der Waals surface area contributed by atoms with Gasteiger partial charge in [0.15, 0.2) is 0 Å². The molecule has 19 heavy (non-hydrogen) atoms. The third-order valence-electron chi connectivity index (χ3n) is 2.79. The van der Waals surface area contributed by atoms with Crippen LogP contribution < -0.4 is 5.32 Å². The van der Waals surface area contributed by atoms with Gasteiger partial charge < -0.3 is 5.32 Å². The Labute approximate surface area is 121 Å². The van der Waals surface area contributed by atoms with Gasteiger partial charge in [-0.3, -0.25) is 4.79 Å². The summed E-state index contributed by atoms with van der Waals surface area (Å²) < 4.78 is 3.72. The van der Waals surface area contributed by atoms with Crippen LogP contribution >= 0.6 is 23.1 Å². The Bertz CT molecular complexity index is 540. The van der Waals surface area contributed by atoms with Crippen molar-refractivity contribution in [1.29, 1.82) is 0 Å².